The molecule has 1 fully saturated rings. The number of benzene rings is 1. The molecule has 1 saturated heterocycles. The van der Waals surface area contributed by atoms with Crippen molar-refractivity contribution in [3.8, 4) is 6.07 Å². The molecule has 5 nitrogen and oxygen atoms in total. The molecule has 2 unspecified atom stereocenters. The van der Waals surface area contributed by atoms with Crippen molar-refractivity contribution in [2.24, 2.45) is 7.05 Å². The van der Waals surface area contributed by atoms with Gasteiger partial charge in [-0.05, 0) is 56.0 Å². The molecule has 0 bridgehead atoms. The monoisotopic (exact) mass is 324 g/mol. The van der Waals surface area contributed by atoms with Gasteiger partial charge in [-0.3, -0.25) is 9.58 Å². The van der Waals surface area contributed by atoms with Crippen LogP contribution in [0.2, 0.25) is 0 Å². The van der Waals surface area contributed by atoms with Crippen LogP contribution in [-0.2, 0) is 13.6 Å². The average molecular weight is 324 g/mol. The Morgan fingerprint density at radius 1 is 1.46 bits per heavy atom. The van der Waals surface area contributed by atoms with E-state index >= 15 is 0 Å². The van der Waals surface area contributed by atoms with E-state index in [2.05, 4.69) is 29.1 Å². The fourth-order valence-electron chi connectivity index (χ4n) is 3.54. The number of nitrogens with zero attached hydrogens (tertiary/aromatic N) is 4. The number of aromatic nitrogens is 2. The first kappa shape index (κ1) is 16.7. The van der Waals surface area contributed by atoms with Crippen molar-refractivity contribution >= 4 is 0 Å². The average Bonchev–Trinajstić information content (AvgIpc) is 3.18. The van der Waals surface area contributed by atoms with Crippen LogP contribution in [0.1, 0.15) is 47.6 Å². The molecule has 1 aliphatic rings. The van der Waals surface area contributed by atoms with Gasteiger partial charge in [-0.25, -0.2) is 0 Å². The van der Waals surface area contributed by atoms with Crippen LogP contribution in [0.25, 0.3) is 0 Å². The molecular weight excluding hydrogens is 300 g/mol. The largest absolute Gasteiger partial charge is 0.388 e. The van der Waals surface area contributed by atoms with Crippen molar-refractivity contribution in [3.63, 3.8) is 0 Å². The van der Waals surface area contributed by atoms with Crippen molar-refractivity contribution in [2.75, 3.05) is 6.54 Å². The number of aliphatic hydroxyl groups excluding tert-OH is 1. The number of rotatable bonds is 5. The minimum atomic E-state index is -0.466. The molecule has 1 aliphatic heterocycles. The maximum atomic E-state index is 10.5. The van der Waals surface area contributed by atoms with Crippen molar-refractivity contribution in [2.45, 2.75) is 44.9 Å². The Kier molecular flexibility index (Phi) is 4.98. The van der Waals surface area contributed by atoms with Crippen LogP contribution < -0.4 is 0 Å². The molecule has 24 heavy (non-hydrogen) atoms. The first-order chi connectivity index (χ1) is 11.6. The third-order valence-corrected chi connectivity index (χ3v) is 4.95. The molecule has 126 valence electrons. The Balaban J connectivity index is 1.66. The van der Waals surface area contributed by atoms with E-state index in [4.69, 9.17) is 5.26 Å². The number of likely N-dealkylation sites (tertiary alicyclic amines) is 1. The van der Waals surface area contributed by atoms with Crippen LogP contribution in [0.5, 0.6) is 0 Å². The molecule has 2 aromatic rings. The zero-order valence-electron chi connectivity index (χ0n) is 14.3. The fraction of sp³-hybridized carbons (Fsp3) is 0.474. The number of aryl methyl sites for hydroxylation is 2. The minimum absolute atomic E-state index is 0.384. The van der Waals surface area contributed by atoms with Crippen LogP contribution in [0.3, 0.4) is 0 Å². The second kappa shape index (κ2) is 7.16. The van der Waals surface area contributed by atoms with Gasteiger partial charge in [-0.15, -0.1) is 0 Å². The molecular formula is C19H24N4O. The van der Waals surface area contributed by atoms with Gasteiger partial charge in [0.15, 0.2) is 0 Å². The van der Waals surface area contributed by atoms with E-state index in [9.17, 15) is 5.11 Å². The fourth-order valence-corrected chi connectivity index (χ4v) is 3.54. The van der Waals surface area contributed by atoms with E-state index in [0.29, 0.717) is 11.6 Å². The molecule has 0 saturated carbocycles. The summed E-state index contributed by atoms with van der Waals surface area (Å²) in [5.41, 5.74) is 4.02. The summed E-state index contributed by atoms with van der Waals surface area (Å²) in [6.45, 7) is 4.00. The summed E-state index contributed by atoms with van der Waals surface area (Å²) >= 11 is 0. The summed E-state index contributed by atoms with van der Waals surface area (Å²) in [6, 6.07) is 8.47. The maximum Gasteiger partial charge on any atom is 0.0991 e. The van der Waals surface area contributed by atoms with E-state index in [1.807, 2.05) is 25.4 Å². The lowest BCUT2D eigenvalue weighted by Gasteiger charge is -2.27. The van der Waals surface area contributed by atoms with Gasteiger partial charge < -0.3 is 5.11 Å². The summed E-state index contributed by atoms with van der Waals surface area (Å²) in [6.07, 6.45) is 6.18. The summed E-state index contributed by atoms with van der Waals surface area (Å²) in [4.78, 5) is 2.45. The van der Waals surface area contributed by atoms with Crippen LogP contribution in [0.15, 0.2) is 30.6 Å². The van der Waals surface area contributed by atoms with Gasteiger partial charge in [-0.1, -0.05) is 6.07 Å². The molecule has 0 aliphatic carbocycles. The van der Waals surface area contributed by atoms with Gasteiger partial charge in [0.05, 0.1) is 23.9 Å². The van der Waals surface area contributed by atoms with Gasteiger partial charge in [-0.2, -0.15) is 10.4 Å². The lowest BCUT2D eigenvalue weighted by Crippen LogP contribution is -2.30. The van der Waals surface area contributed by atoms with Gasteiger partial charge in [0.2, 0.25) is 0 Å². The second-order valence-corrected chi connectivity index (χ2v) is 6.72. The molecule has 1 aromatic heterocycles. The number of hydrogen-bond donors (Lipinski definition) is 1. The minimum Gasteiger partial charge on any atom is -0.388 e. The zero-order chi connectivity index (χ0) is 17.1. The van der Waals surface area contributed by atoms with Crippen molar-refractivity contribution in [3.05, 3.63) is 52.8 Å². The highest BCUT2D eigenvalue weighted by Gasteiger charge is 2.27. The Hall–Kier alpha value is -2.16. The topological polar surface area (TPSA) is 65.1 Å². The number of aliphatic hydroxyl groups is 1. The Morgan fingerprint density at radius 2 is 2.29 bits per heavy atom. The Morgan fingerprint density at radius 3 is 2.96 bits per heavy atom. The highest BCUT2D eigenvalue weighted by atomic mass is 16.3. The number of hydrogen-bond acceptors (Lipinski definition) is 4. The Labute approximate surface area is 143 Å². The van der Waals surface area contributed by atoms with Gasteiger partial charge in [0.1, 0.15) is 0 Å². The van der Waals surface area contributed by atoms with Crippen LogP contribution >= 0.6 is 0 Å². The van der Waals surface area contributed by atoms with Crippen molar-refractivity contribution in [1.82, 2.24) is 14.7 Å². The van der Waals surface area contributed by atoms with Gasteiger partial charge in [0, 0.05) is 31.4 Å². The maximum absolute atomic E-state index is 10.5. The van der Waals surface area contributed by atoms with E-state index in [1.165, 1.54) is 12.0 Å². The molecule has 2 heterocycles. The molecule has 0 spiro atoms. The standard InChI is InChI=1S/C19H24N4O/c1-14-8-15(10-20)5-6-16(14)13-23-7-3-4-18(23)9-19(24)17-11-21-22(2)12-17/h5-6,8,11-12,18-19,24H,3-4,7,9,13H2,1-2H3. The van der Waals surface area contributed by atoms with E-state index in [1.54, 1.807) is 10.9 Å². The van der Waals surface area contributed by atoms with Gasteiger partial charge >= 0.3 is 0 Å². The molecule has 0 amide bonds. The summed E-state index contributed by atoms with van der Waals surface area (Å²) in [7, 11) is 1.87. The summed E-state index contributed by atoms with van der Waals surface area (Å²) in [5, 5.41) is 23.6. The molecule has 3 rings (SSSR count). The smallest absolute Gasteiger partial charge is 0.0991 e. The molecule has 0 radical (unpaired) electrons. The third-order valence-electron chi connectivity index (χ3n) is 4.95. The zero-order valence-corrected chi connectivity index (χ0v) is 14.3. The van der Waals surface area contributed by atoms with Crippen LogP contribution in [0.4, 0.5) is 0 Å². The highest BCUT2D eigenvalue weighted by Crippen LogP contribution is 2.29. The molecule has 2 atom stereocenters. The van der Waals surface area contributed by atoms with Crippen LogP contribution in [0, 0.1) is 18.3 Å². The summed E-state index contributed by atoms with van der Waals surface area (Å²) < 4.78 is 1.73. The van der Waals surface area contributed by atoms with Crippen molar-refractivity contribution in [1.29, 1.82) is 5.26 Å². The predicted molar refractivity (Wildman–Crippen MR) is 92.1 cm³/mol. The first-order valence-corrected chi connectivity index (χ1v) is 8.47. The van der Waals surface area contributed by atoms with E-state index in [0.717, 1.165) is 37.1 Å². The second-order valence-electron chi connectivity index (χ2n) is 6.72. The summed E-state index contributed by atoms with van der Waals surface area (Å²) in [5.74, 6) is 0. The third kappa shape index (κ3) is 3.66. The van der Waals surface area contributed by atoms with E-state index in [-0.39, 0.29) is 0 Å². The van der Waals surface area contributed by atoms with Crippen LogP contribution in [-0.4, -0.2) is 32.4 Å². The number of nitriles is 1. The lowest BCUT2D eigenvalue weighted by molar-refractivity contribution is 0.118. The highest BCUT2D eigenvalue weighted by molar-refractivity contribution is 5.37. The van der Waals surface area contributed by atoms with Gasteiger partial charge in [0.25, 0.3) is 0 Å². The Bertz CT molecular complexity index is 746. The SMILES string of the molecule is Cc1cc(C#N)ccc1CN1CCCC1CC(O)c1cnn(C)c1. The molecule has 1 aromatic carbocycles. The molecule has 1 N–H and O–H groups in total. The molecule has 5 heteroatoms. The quantitative estimate of drug-likeness (QED) is 0.918. The first-order valence-electron chi connectivity index (χ1n) is 8.47. The normalized spacial score (nSPS) is 19.3. The predicted octanol–water partition coefficient (Wildman–Crippen LogP) is 2.69. The van der Waals surface area contributed by atoms with Crippen molar-refractivity contribution < 1.29 is 5.11 Å². The van der Waals surface area contributed by atoms with E-state index < -0.39 is 6.10 Å². The lowest BCUT2D eigenvalue weighted by atomic mass is 10.0.